The maximum atomic E-state index is 5.26. The Hall–Kier alpha value is -0.320. The molecule has 95 heavy (non-hydrogen) atoms. The molecule has 0 spiro atoms. The van der Waals surface area contributed by atoms with Gasteiger partial charge in [0.05, 0.1) is 13.2 Å². The molecular formula is C87H181N7O. The Balaban J connectivity index is 0.000000529. The number of hydrogen-bond donors (Lipinski definition) is 0. The Bertz CT molecular complexity index is 1530. The average molecular weight is 1340 g/mol. The fraction of sp³-hybridized carbons (Fsp3) is 1.00. The minimum absolute atomic E-state index is 0.831. The number of rotatable bonds is 26. The Kier molecular flexibility index (Phi) is 58.7. The molecule has 0 radical (unpaired) electrons. The summed E-state index contributed by atoms with van der Waals surface area (Å²) in [5.41, 5.74) is 0. The van der Waals surface area contributed by atoms with Gasteiger partial charge in [0.1, 0.15) is 0 Å². The summed E-state index contributed by atoms with van der Waals surface area (Å²) in [5, 5.41) is 0. The van der Waals surface area contributed by atoms with Crippen molar-refractivity contribution in [3.8, 4) is 0 Å². The first kappa shape index (κ1) is 92.7. The van der Waals surface area contributed by atoms with Gasteiger partial charge < -0.3 is 34.1 Å². The molecule has 10 fully saturated rings. The number of morpholine rings is 1. The van der Waals surface area contributed by atoms with Gasteiger partial charge in [-0.15, -0.1) is 0 Å². The van der Waals surface area contributed by atoms with Crippen LogP contribution in [0.2, 0.25) is 0 Å². The van der Waals surface area contributed by atoms with Crippen LogP contribution in [0, 0.1) is 82.9 Å². The first-order chi connectivity index (χ1) is 45.3. The van der Waals surface area contributed by atoms with Gasteiger partial charge in [0, 0.05) is 52.4 Å². The summed E-state index contributed by atoms with van der Waals surface area (Å²) < 4.78 is 5.26. The molecule has 0 aromatic rings. The minimum Gasteiger partial charge on any atom is -0.379 e. The van der Waals surface area contributed by atoms with Gasteiger partial charge in [-0.3, -0.25) is 4.90 Å². The van der Waals surface area contributed by atoms with E-state index in [1.54, 1.807) is 0 Å². The minimum atomic E-state index is 0.831. The van der Waals surface area contributed by atoms with Crippen molar-refractivity contribution in [3.05, 3.63) is 0 Å². The van der Waals surface area contributed by atoms with Crippen molar-refractivity contribution in [3.63, 3.8) is 0 Å². The molecule has 4 aliphatic carbocycles. The fourth-order valence-electron chi connectivity index (χ4n) is 14.0. The summed E-state index contributed by atoms with van der Waals surface area (Å²) in [6.07, 6.45) is 43.7. The molecule has 6 aliphatic heterocycles. The number of likely N-dealkylation sites (tertiary alicyclic amines) is 3. The maximum absolute atomic E-state index is 5.26. The van der Waals surface area contributed by atoms with E-state index in [2.05, 4.69) is 180 Å². The van der Waals surface area contributed by atoms with Crippen molar-refractivity contribution in [2.45, 2.75) is 331 Å². The van der Waals surface area contributed by atoms with Crippen molar-refractivity contribution in [1.82, 2.24) is 34.3 Å². The van der Waals surface area contributed by atoms with Crippen LogP contribution in [0.15, 0.2) is 0 Å². The second-order valence-corrected chi connectivity index (χ2v) is 36.6. The topological polar surface area (TPSA) is 31.7 Å². The van der Waals surface area contributed by atoms with E-state index in [4.69, 9.17) is 4.74 Å². The molecular weight excluding hydrogens is 1160 g/mol. The van der Waals surface area contributed by atoms with E-state index >= 15 is 0 Å². The summed E-state index contributed by atoms with van der Waals surface area (Å²) in [6, 6.07) is 0. The standard InChI is InChI=1S/C10H22N2.C10H21N.C10H20.C9H19NO.C9H19N.C9H18.C8H17N.C8H16.C7H15N.C7H14/c1-10(2)4-5-12-8-6-11(3)7-9-12;1-10(2)6-9-11-7-4-3-5-8-11;1-9(2)8-10-6-4-3-5-7-10;1-9(2)3-4-10-5-7-11-8-6-10;1-9(2)5-8-10-6-3-4-7-10;1-8(2)7-9-5-3-4-6-9;1-8(2)4-7-9-5-3-6-9;1-7(2)6-8-4-3-5-8;1-7(2)3-4-8-5-6-8;1-6(2)5-7-3-4-7/h10H,4-9H2,1-3H3;10H,3-9H2,1-2H3;9-10H,3-8H2,1-2H3;9H,3-8H2,1-2H3;9H,3-8H2,1-2H3;8-9H,3-7H2,1-2H3;8H,3-7H2,1-2H3;7-8H,3-6H2,1-2H3;7H,3-6H2,1-2H3;6-7H,3-5H2,1-2H3. The lowest BCUT2D eigenvalue weighted by Crippen LogP contribution is -2.44. The van der Waals surface area contributed by atoms with E-state index in [0.29, 0.717) is 0 Å². The largest absolute Gasteiger partial charge is 0.379 e. The summed E-state index contributed by atoms with van der Waals surface area (Å²) in [7, 11) is 2.21. The van der Waals surface area contributed by atoms with Gasteiger partial charge in [0.25, 0.3) is 0 Å². The van der Waals surface area contributed by atoms with Crippen molar-refractivity contribution < 1.29 is 4.74 Å². The zero-order chi connectivity index (χ0) is 70.6. The van der Waals surface area contributed by atoms with Crippen LogP contribution in [0.4, 0.5) is 0 Å². The molecule has 10 aliphatic rings. The molecule has 0 amide bonds. The third kappa shape index (κ3) is 63.1. The third-order valence-electron chi connectivity index (χ3n) is 21.3. The second kappa shape index (κ2) is 60.1. The highest BCUT2D eigenvalue weighted by molar-refractivity contribution is 4.76. The maximum Gasteiger partial charge on any atom is 0.0594 e. The van der Waals surface area contributed by atoms with Gasteiger partial charge in [-0.05, 0) is 265 Å². The molecule has 8 nitrogen and oxygen atoms in total. The van der Waals surface area contributed by atoms with Gasteiger partial charge in [0.2, 0.25) is 0 Å². The Labute approximate surface area is 601 Å². The second-order valence-electron chi connectivity index (χ2n) is 36.6. The highest BCUT2D eigenvalue weighted by Gasteiger charge is 2.23. The van der Waals surface area contributed by atoms with Crippen LogP contribution in [-0.2, 0) is 4.74 Å². The Morgan fingerprint density at radius 2 is 0.442 bits per heavy atom. The molecule has 6 saturated heterocycles. The molecule has 6 heterocycles. The van der Waals surface area contributed by atoms with E-state index in [9.17, 15) is 0 Å². The normalized spacial score (nSPS) is 21.1. The number of ether oxygens (including phenoxy) is 1. The first-order valence-corrected chi connectivity index (χ1v) is 42.9. The predicted molar refractivity (Wildman–Crippen MR) is 428 cm³/mol. The lowest BCUT2D eigenvalue weighted by atomic mass is 9.80. The van der Waals surface area contributed by atoms with Gasteiger partial charge in [-0.2, -0.15) is 0 Å². The zero-order valence-corrected chi connectivity index (χ0v) is 69.4. The lowest BCUT2D eigenvalue weighted by molar-refractivity contribution is 0.0360. The number of piperazine rings is 1. The quantitative estimate of drug-likeness (QED) is 0.0792. The highest BCUT2D eigenvalue weighted by Crippen LogP contribution is 2.35. The van der Waals surface area contributed by atoms with Gasteiger partial charge in [0.15, 0.2) is 0 Å². The molecule has 0 aromatic heterocycles. The van der Waals surface area contributed by atoms with Crippen LogP contribution >= 0.6 is 0 Å². The lowest BCUT2D eigenvalue weighted by Gasteiger charge is -2.32. The number of likely N-dealkylation sites (N-methyl/N-ethyl adjacent to an activating group) is 1. The van der Waals surface area contributed by atoms with E-state index < -0.39 is 0 Å². The summed E-state index contributed by atoms with van der Waals surface area (Å²) in [4.78, 5) is 17.7. The van der Waals surface area contributed by atoms with Crippen LogP contribution in [-0.4, -0.2) is 185 Å². The molecule has 4 saturated carbocycles. The van der Waals surface area contributed by atoms with Crippen LogP contribution in [0.3, 0.4) is 0 Å². The molecule has 0 unspecified atom stereocenters. The molecule has 0 atom stereocenters. The van der Waals surface area contributed by atoms with Crippen molar-refractivity contribution in [2.75, 3.05) is 151 Å². The van der Waals surface area contributed by atoms with Crippen molar-refractivity contribution in [1.29, 1.82) is 0 Å². The van der Waals surface area contributed by atoms with E-state index in [0.717, 1.165) is 109 Å². The van der Waals surface area contributed by atoms with Crippen LogP contribution in [0.25, 0.3) is 0 Å². The highest BCUT2D eigenvalue weighted by atomic mass is 16.5. The smallest absolute Gasteiger partial charge is 0.0594 e. The predicted octanol–water partition coefficient (Wildman–Crippen LogP) is 22.5. The van der Waals surface area contributed by atoms with Crippen molar-refractivity contribution in [2.24, 2.45) is 82.9 Å². The van der Waals surface area contributed by atoms with E-state index in [1.807, 2.05) is 0 Å². The SMILES string of the molecule is CC(C)CC1CC1.CC(C)CC1CCC1.CC(C)CC1CCCC1.CC(C)CC1CCCCC1.CC(C)CCN1CC1.CC(C)CCN1CCC1.CC(C)CCN1CCCC1.CC(C)CCN1CCCCC1.CC(C)CCN1CCN(C)CC1.CC(C)CCN1CCOCC1. The molecule has 8 heteroatoms. The van der Waals surface area contributed by atoms with E-state index in [1.165, 1.54) is 310 Å². The van der Waals surface area contributed by atoms with Gasteiger partial charge in [-0.1, -0.05) is 235 Å². The van der Waals surface area contributed by atoms with Crippen LogP contribution < -0.4 is 0 Å². The molecule has 10 rings (SSSR count). The molecule has 0 bridgehead atoms. The zero-order valence-electron chi connectivity index (χ0n) is 69.4. The number of nitrogens with zero attached hydrogens (tertiary/aromatic N) is 7. The number of hydrogen-bond acceptors (Lipinski definition) is 8. The Morgan fingerprint density at radius 3 is 0.674 bits per heavy atom. The number of piperidine rings is 1. The summed E-state index contributed by atoms with van der Waals surface area (Å²) in [5.74, 6) is 13.3. The van der Waals surface area contributed by atoms with Gasteiger partial charge >= 0.3 is 0 Å². The average Bonchev–Trinajstić information content (AvgIpc) is 2.86. The summed E-state index contributed by atoms with van der Waals surface area (Å²) >= 11 is 0. The molecule has 570 valence electrons. The Morgan fingerprint density at radius 1 is 0.221 bits per heavy atom. The van der Waals surface area contributed by atoms with Crippen LogP contribution in [0.5, 0.6) is 0 Å². The third-order valence-corrected chi connectivity index (χ3v) is 21.3. The first-order valence-electron chi connectivity index (χ1n) is 42.9. The van der Waals surface area contributed by atoms with Gasteiger partial charge in [-0.25, -0.2) is 0 Å². The summed E-state index contributed by atoms with van der Waals surface area (Å²) in [6.45, 7) is 74.0. The van der Waals surface area contributed by atoms with Crippen molar-refractivity contribution >= 4 is 0 Å². The van der Waals surface area contributed by atoms with E-state index in [-0.39, 0.29) is 0 Å². The molecule has 0 N–H and O–H groups in total. The van der Waals surface area contributed by atoms with Crippen LogP contribution in [0.1, 0.15) is 331 Å². The fourth-order valence-corrected chi connectivity index (χ4v) is 14.0. The molecule has 0 aromatic carbocycles. The monoisotopic (exact) mass is 1340 g/mol.